The molecule has 0 radical (unpaired) electrons. The summed E-state index contributed by atoms with van der Waals surface area (Å²) >= 11 is 0. The van der Waals surface area contributed by atoms with Crippen molar-refractivity contribution in [3.63, 3.8) is 0 Å². The van der Waals surface area contributed by atoms with Gasteiger partial charge in [-0.1, -0.05) is 0 Å². The standard InChI is InChI=1S/C12H25NO4/c1-10(2)13-12(14)9-16-6-5-15-7-8-17-11(3)4/h10-11H,5-9H2,1-4H3,(H,13,14). The van der Waals surface area contributed by atoms with Crippen LogP contribution >= 0.6 is 0 Å². The lowest BCUT2D eigenvalue weighted by Gasteiger charge is -2.09. The van der Waals surface area contributed by atoms with Crippen molar-refractivity contribution in [2.75, 3.05) is 33.0 Å². The second kappa shape index (κ2) is 10.5. The van der Waals surface area contributed by atoms with E-state index in [1.807, 2.05) is 27.7 Å². The van der Waals surface area contributed by atoms with E-state index < -0.39 is 0 Å². The van der Waals surface area contributed by atoms with Crippen molar-refractivity contribution < 1.29 is 19.0 Å². The molecule has 5 nitrogen and oxygen atoms in total. The first kappa shape index (κ1) is 16.4. The number of nitrogens with one attached hydrogen (secondary N) is 1. The van der Waals surface area contributed by atoms with Gasteiger partial charge in [0.15, 0.2) is 0 Å². The molecule has 0 aliphatic heterocycles. The number of carbonyl (C=O) groups excluding carboxylic acids is 1. The average molecular weight is 247 g/mol. The molecular weight excluding hydrogens is 222 g/mol. The smallest absolute Gasteiger partial charge is 0.246 e. The highest BCUT2D eigenvalue weighted by atomic mass is 16.5. The van der Waals surface area contributed by atoms with Crippen molar-refractivity contribution in [1.29, 1.82) is 0 Å². The van der Waals surface area contributed by atoms with Gasteiger partial charge in [0, 0.05) is 6.04 Å². The average Bonchev–Trinajstić information content (AvgIpc) is 2.20. The Hall–Kier alpha value is -0.650. The molecule has 0 unspecified atom stereocenters. The van der Waals surface area contributed by atoms with Crippen LogP contribution in [0.5, 0.6) is 0 Å². The van der Waals surface area contributed by atoms with Crippen molar-refractivity contribution in [1.82, 2.24) is 5.32 Å². The molecule has 1 N–H and O–H groups in total. The molecule has 5 heteroatoms. The van der Waals surface area contributed by atoms with Gasteiger partial charge in [-0.25, -0.2) is 0 Å². The Morgan fingerprint density at radius 3 is 2.18 bits per heavy atom. The van der Waals surface area contributed by atoms with E-state index in [0.29, 0.717) is 26.4 Å². The van der Waals surface area contributed by atoms with Gasteiger partial charge < -0.3 is 19.5 Å². The molecule has 0 atom stereocenters. The lowest BCUT2D eigenvalue weighted by Crippen LogP contribution is -2.33. The molecule has 17 heavy (non-hydrogen) atoms. The van der Waals surface area contributed by atoms with Crippen molar-refractivity contribution >= 4 is 5.91 Å². The Bertz CT molecular complexity index is 195. The molecule has 0 rings (SSSR count). The van der Waals surface area contributed by atoms with E-state index in [9.17, 15) is 4.79 Å². The zero-order valence-electron chi connectivity index (χ0n) is 11.3. The normalized spacial score (nSPS) is 11.2. The molecule has 1 amide bonds. The Labute approximate surface area is 104 Å². The third kappa shape index (κ3) is 13.3. The zero-order valence-corrected chi connectivity index (χ0v) is 11.3. The highest BCUT2D eigenvalue weighted by Crippen LogP contribution is 1.87. The number of hydrogen-bond donors (Lipinski definition) is 1. The zero-order chi connectivity index (χ0) is 13.1. The summed E-state index contributed by atoms with van der Waals surface area (Å²) in [5.74, 6) is -0.0943. The quantitative estimate of drug-likeness (QED) is 0.584. The van der Waals surface area contributed by atoms with Gasteiger partial charge in [-0.15, -0.1) is 0 Å². The fourth-order valence-electron chi connectivity index (χ4n) is 1.09. The van der Waals surface area contributed by atoms with Crippen LogP contribution in [-0.4, -0.2) is 51.1 Å². The van der Waals surface area contributed by atoms with Crippen LogP contribution < -0.4 is 5.32 Å². The van der Waals surface area contributed by atoms with Crippen LogP contribution in [0.1, 0.15) is 27.7 Å². The molecule has 0 aliphatic carbocycles. The van der Waals surface area contributed by atoms with Crippen molar-refractivity contribution in [2.24, 2.45) is 0 Å². The van der Waals surface area contributed by atoms with Gasteiger partial charge >= 0.3 is 0 Å². The van der Waals surface area contributed by atoms with E-state index in [1.54, 1.807) is 0 Å². The molecule has 0 aromatic carbocycles. The van der Waals surface area contributed by atoms with Gasteiger partial charge in [-0.3, -0.25) is 4.79 Å². The second-order valence-corrected chi connectivity index (χ2v) is 4.31. The van der Waals surface area contributed by atoms with Crippen molar-refractivity contribution in [2.45, 2.75) is 39.8 Å². The van der Waals surface area contributed by atoms with Crippen LogP contribution in [0.25, 0.3) is 0 Å². The molecule has 102 valence electrons. The maximum Gasteiger partial charge on any atom is 0.246 e. The van der Waals surface area contributed by atoms with E-state index >= 15 is 0 Å². The molecule has 0 heterocycles. The van der Waals surface area contributed by atoms with E-state index in [4.69, 9.17) is 14.2 Å². The minimum Gasteiger partial charge on any atom is -0.377 e. The fraction of sp³-hybridized carbons (Fsp3) is 0.917. The summed E-state index contributed by atoms with van der Waals surface area (Å²) in [5, 5.41) is 2.74. The monoisotopic (exact) mass is 247 g/mol. The van der Waals surface area contributed by atoms with E-state index in [2.05, 4.69) is 5.32 Å². The molecule has 0 saturated heterocycles. The maximum absolute atomic E-state index is 11.2. The molecule has 0 aromatic rings. The third-order valence-corrected chi connectivity index (χ3v) is 1.73. The number of carbonyl (C=O) groups is 1. The van der Waals surface area contributed by atoms with Gasteiger partial charge in [-0.2, -0.15) is 0 Å². The SMILES string of the molecule is CC(C)NC(=O)COCCOCCOC(C)C. The summed E-state index contributed by atoms with van der Waals surface area (Å²) < 4.78 is 15.7. The Kier molecular flexibility index (Phi) is 10.1. The minimum atomic E-state index is -0.0943. The molecular formula is C12H25NO4. The Balaban J connectivity index is 3.16. The molecule has 0 spiro atoms. The molecule has 0 fully saturated rings. The number of hydrogen-bond acceptors (Lipinski definition) is 4. The van der Waals surface area contributed by atoms with Gasteiger partial charge in [0.2, 0.25) is 5.91 Å². The van der Waals surface area contributed by atoms with Crippen LogP contribution in [0.4, 0.5) is 0 Å². The van der Waals surface area contributed by atoms with Crippen LogP contribution in [0.15, 0.2) is 0 Å². The van der Waals surface area contributed by atoms with Crippen LogP contribution in [-0.2, 0) is 19.0 Å². The summed E-state index contributed by atoms with van der Waals surface area (Å²) in [5.41, 5.74) is 0. The highest BCUT2D eigenvalue weighted by Gasteiger charge is 2.02. The summed E-state index contributed by atoms with van der Waals surface area (Å²) in [6.07, 6.45) is 0.231. The molecule has 0 aliphatic rings. The highest BCUT2D eigenvalue weighted by molar-refractivity contribution is 5.77. The first-order valence-corrected chi connectivity index (χ1v) is 6.08. The number of amides is 1. The Morgan fingerprint density at radius 2 is 1.59 bits per heavy atom. The fourth-order valence-corrected chi connectivity index (χ4v) is 1.09. The predicted molar refractivity (Wildman–Crippen MR) is 66.0 cm³/mol. The minimum absolute atomic E-state index is 0.0873. The third-order valence-electron chi connectivity index (χ3n) is 1.73. The largest absolute Gasteiger partial charge is 0.377 e. The predicted octanol–water partition coefficient (Wildman–Crippen LogP) is 0.969. The Morgan fingerprint density at radius 1 is 1.00 bits per heavy atom. The molecule has 0 aromatic heterocycles. The van der Waals surface area contributed by atoms with Gasteiger partial charge in [0.05, 0.1) is 32.5 Å². The summed E-state index contributed by atoms with van der Waals surface area (Å²) in [6.45, 7) is 9.93. The van der Waals surface area contributed by atoms with E-state index in [-0.39, 0.29) is 24.7 Å². The van der Waals surface area contributed by atoms with Gasteiger partial charge in [-0.05, 0) is 27.7 Å². The van der Waals surface area contributed by atoms with Gasteiger partial charge in [0.25, 0.3) is 0 Å². The second-order valence-electron chi connectivity index (χ2n) is 4.31. The lowest BCUT2D eigenvalue weighted by molar-refractivity contribution is -0.126. The van der Waals surface area contributed by atoms with Crippen LogP contribution in [0.2, 0.25) is 0 Å². The molecule has 0 saturated carbocycles. The van der Waals surface area contributed by atoms with E-state index in [0.717, 1.165) is 0 Å². The lowest BCUT2D eigenvalue weighted by atomic mass is 10.4. The topological polar surface area (TPSA) is 56.8 Å². The molecule has 0 bridgehead atoms. The number of rotatable bonds is 10. The van der Waals surface area contributed by atoms with Crippen LogP contribution in [0, 0.1) is 0 Å². The number of ether oxygens (including phenoxy) is 3. The van der Waals surface area contributed by atoms with Crippen molar-refractivity contribution in [3.8, 4) is 0 Å². The van der Waals surface area contributed by atoms with Crippen LogP contribution in [0.3, 0.4) is 0 Å². The summed E-state index contributed by atoms with van der Waals surface area (Å²) in [6, 6.07) is 0.149. The van der Waals surface area contributed by atoms with E-state index in [1.165, 1.54) is 0 Å². The maximum atomic E-state index is 11.2. The van der Waals surface area contributed by atoms with Crippen molar-refractivity contribution in [3.05, 3.63) is 0 Å². The first-order chi connectivity index (χ1) is 8.02. The summed E-state index contributed by atoms with van der Waals surface area (Å²) in [7, 11) is 0. The summed E-state index contributed by atoms with van der Waals surface area (Å²) in [4.78, 5) is 11.2. The van der Waals surface area contributed by atoms with Gasteiger partial charge in [0.1, 0.15) is 6.61 Å². The first-order valence-electron chi connectivity index (χ1n) is 6.08.